The van der Waals surface area contributed by atoms with E-state index in [0.29, 0.717) is 23.7 Å². The number of alkyl halides is 1. The SMILES string of the molecule is N#Cc1cc(OCc2ccccc2)cc(CCl)n1. The zero-order valence-electron chi connectivity index (χ0n) is 9.64. The van der Waals surface area contributed by atoms with Crippen molar-refractivity contribution in [2.75, 3.05) is 0 Å². The lowest BCUT2D eigenvalue weighted by Crippen LogP contribution is -1.98. The van der Waals surface area contributed by atoms with Crippen LogP contribution in [0.3, 0.4) is 0 Å². The van der Waals surface area contributed by atoms with Crippen molar-refractivity contribution < 1.29 is 4.74 Å². The number of rotatable bonds is 4. The quantitative estimate of drug-likeness (QED) is 0.791. The van der Waals surface area contributed by atoms with Gasteiger partial charge in [0.05, 0.1) is 11.6 Å². The van der Waals surface area contributed by atoms with E-state index in [1.54, 1.807) is 12.1 Å². The molecule has 90 valence electrons. The van der Waals surface area contributed by atoms with Crippen molar-refractivity contribution in [2.24, 2.45) is 0 Å². The summed E-state index contributed by atoms with van der Waals surface area (Å²) in [7, 11) is 0. The number of ether oxygens (including phenoxy) is 1. The number of nitrogens with zero attached hydrogens (tertiary/aromatic N) is 2. The maximum Gasteiger partial charge on any atom is 0.144 e. The summed E-state index contributed by atoms with van der Waals surface area (Å²) in [6.07, 6.45) is 0. The Morgan fingerprint density at radius 1 is 1.22 bits per heavy atom. The Morgan fingerprint density at radius 3 is 2.67 bits per heavy atom. The zero-order valence-corrected chi connectivity index (χ0v) is 10.4. The summed E-state index contributed by atoms with van der Waals surface area (Å²) in [6, 6.07) is 15.2. The Hall–Kier alpha value is -2.05. The molecule has 18 heavy (non-hydrogen) atoms. The first kappa shape index (κ1) is 12.4. The molecule has 1 aromatic heterocycles. The molecule has 0 N–H and O–H groups in total. The van der Waals surface area contributed by atoms with Crippen molar-refractivity contribution in [2.45, 2.75) is 12.5 Å². The Morgan fingerprint density at radius 2 is 2.00 bits per heavy atom. The fourth-order valence-corrected chi connectivity index (χ4v) is 1.65. The standard InChI is InChI=1S/C14H11ClN2O/c15-8-12-6-14(7-13(9-16)17-12)18-10-11-4-2-1-3-5-11/h1-7H,8,10H2. The highest BCUT2D eigenvalue weighted by atomic mass is 35.5. The molecule has 0 unspecified atom stereocenters. The topological polar surface area (TPSA) is 45.9 Å². The summed E-state index contributed by atoms with van der Waals surface area (Å²) in [5.74, 6) is 0.873. The van der Waals surface area contributed by atoms with Crippen molar-refractivity contribution >= 4 is 11.6 Å². The second kappa shape index (κ2) is 6.04. The first-order chi connectivity index (χ1) is 8.81. The number of pyridine rings is 1. The van der Waals surface area contributed by atoms with Gasteiger partial charge in [-0.3, -0.25) is 0 Å². The van der Waals surface area contributed by atoms with Crippen LogP contribution in [0.15, 0.2) is 42.5 Å². The van der Waals surface area contributed by atoms with E-state index in [-0.39, 0.29) is 5.88 Å². The van der Waals surface area contributed by atoms with Gasteiger partial charge >= 0.3 is 0 Å². The molecule has 0 saturated heterocycles. The monoisotopic (exact) mass is 258 g/mol. The molecule has 2 rings (SSSR count). The Labute approximate surface area is 111 Å². The molecule has 0 saturated carbocycles. The molecular weight excluding hydrogens is 248 g/mol. The van der Waals surface area contributed by atoms with E-state index < -0.39 is 0 Å². The van der Waals surface area contributed by atoms with Gasteiger partial charge < -0.3 is 4.74 Å². The Kier molecular flexibility index (Phi) is 4.16. The van der Waals surface area contributed by atoms with E-state index >= 15 is 0 Å². The van der Waals surface area contributed by atoms with E-state index in [9.17, 15) is 0 Å². The fraction of sp³-hybridized carbons (Fsp3) is 0.143. The molecule has 1 aromatic carbocycles. The molecular formula is C14H11ClN2O. The van der Waals surface area contributed by atoms with Gasteiger partial charge in [-0.2, -0.15) is 5.26 Å². The minimum atomic E-state index is 0.261. The van der Waals surface area contributed by atoms with E-state index in [0.717, 1.165) is 5.56 Å². The summed E-state index contributed by atoms with van der Waals surface area (Å²) in [5, 5.41) is 8.86. The van der Waals surface area contributed by atoms with Gasteiger partial charge in [-0.25, -0.2) is 4.98 Å². The number of benzene rings is 1. The minimum Gasteiger partial charge on any atom is -0.489 e. The summed E-state index contributed by atoms with van der Waals surface area (Å²) in [6.45, 7) is 0.456. The third kappa shape index (κ3) is 3.22. The van der Waals surface area contributed by atoms with Gasteiger partial charge in [0.15, 0.2) is 0 Å². The maximum atomic E-state index is 8.86. The minimum absolute atomic E-state index is 0.261. The lowest BCUT2D eigenvalue weighted by Gasteiger charge is -2.07. The van der Waals surface area contributed by atoms with Crippen LogP contribution < -0.4 is 4.74 Å². The molecule has 0 atom stereocenters. The largest absolute Gasteiger partial charge is 0.489 e. The van der Waals surface area contributed by atoms with Gasteiger partial charge in [-0.15, -0.1) is 11.6 Å². The smallest absolute Gasteiger partial charge is 0.144 e. The Balaban J connectivity index is 2.12. The third-order valence-corrected chi connectivity index (χ3v) is 2.63. The average molecular weight is 259 g/mol. The van der Waals surface area contributed by atoms with Crippen molar-refractivity contribution in [1.82, 2.24) is 4.98 Å². The van der Waals surface area contributed by atoms with Crippen molar-refractivity contribution in [3.63, 3.8) is 0 Å². The van der Waals surface area contributed by atoms with Crippen LogP contribution in [0.4, 0.5) is 0 Å². The average Bonchev–Trinajstić information content (AvgIpc) is 2.45. The Bertz CT molecular complexity index is 564. The van der Waals surface area contributed by atoms with Crippen LogP contribution in [0.1, 0.15) is 17.0 Å². The second-order valence-electron chi connectivity index (χ2n) is 3.70. The van der Waals surface area contributed by atoms with Crippen LogP contribution in [0.5, 0.6) is 5.75 Å². The molecule has 0 bridgehead atoms. The fourth-order valence-electron chi connectivity index (χ4n) is 1.51. The van der Waals surface area contributed by atoms with Crippen molar-refractivity contribution in [3.8, 4) is 11.8 Å². The molecule has 4 heteroatoms. The van der Waals surface area contributed by atoms with Crippen LogP contribution in [0.25, 0.3) is 0 Å². The van der Waals surface area contributed by atoms with Crippen LogP contribution in [-0.4, -0.2) is 4.98 Å². The molecule has 3 nitrogen and oxygen atoms in total. The van der Waals surface area contributed by atoms with Gasteiger partial charge in [-0.05, 0) is 5.56 Å². The number of hydrogen-bond acceptors (Lipinski definition) is 3. The molecule has 0 amide bonds. The number of halogens is 1. The highest BCUT2D eigenvalue weighted by Gasteiger charge is 2.03. The molecule has 0 radical (unpaired) electrons. The van der Waals surface area contributed by atoms with Gasteiger partial charge in [-0.1, -0.05) is 30.3 Å². The van der Waals surface area contributed by atoms with Gasteiger partial charge in [0, 0.05) is 12.1 Å². The molecule has 0 aliphatic carbocycles. The molecule has 0 fully saturated rings. The van der Waals surface area contributed by atoms with E-state index in [1.807, 2.05) is 36.4 Å². The van der Waals surface area contributed by atoms with Crippen LogP contribution in [0.2, 0.25) is 0 Å². The maximum absolute atomic E-state index is 8.86. The van der Waals surface area contributed by atoms with Crippen molar-refractivity contribution in [1.29, 1.82) is 5.26 Å². The molecule has 0 spiro atoms. The number of aromatic nitrogens is 1. The zero-order chi connectivity index (χ0) is 12.8. The van der Waals surface area contributed by atoms with Crippen LogP contribution in [-0.2, 0) is 12.5 Å². The molecule has 0 aliphatic heterocycles. The predicted molar refractivity (Wildman–Crippen MR) is 69.3 cm³/mol. The first-order valence-corrected chi connectivity index (χ1v) is 5.99. The number of nitriles is 1. The number of hydrogen-bond donors (Lipinski definition) is 0. The molecule has 0 aliphatic rings. The van der Waals surface area contributed by atoms with Crippen LogP contribution >= 0.6 is 11.6 Å². The normalized spacial score (nSPS) is 9.78. The highest BCUT2D eigenvalue weighted by Crippen LogP contribution is 2.17. The van der Waals surface area contributed by atoms with Gasteiger partial charge in [0.25, 0.3) is 0 Å². The first-order valence-electron chi connectivity index (χ1n) is 5.45. The van der Waals surface area contributed by atoms with Crippen LogP contribution in [0, 0.1) is 11.3 Å². The summed E-state index contributed by atoms with van der Waals surface area (Å²) >= 11 is 5.72. The third-order valence-electron chi connectivity index (χ3n) is 2.35. The van der Waals surface area contributed by atoms with Gasteiger partial charge in [0.2, 0.25) is 0 Å². The lowest BCUT2D eigenvalue weighted by atomic mass is 10.2. The van der Waals surface area contributed by atoms with E-state index in [2.05, 4.69) is 4.98 Å². The summed E-state index contributed by atoms with van der Waals surface area (Å²) in [4.78, 5) is 4.05. The van der Waals surface area contributed by atoms with E-state index in [4.69, 9.17) is 21.6 Å². The molecule has 2 aromatic rings. The highest BCUT2D eigenvalue weighted by molar-refractivity contribution is 6.16. The van der Waals surface area contributed by atoms with Gasteiger partial charge in [0.1, 0.15) is 24.1 Å². The predicted octanol–water partition coefficient (Wildman–Crippen LogP) is 3.27. The second-order valence-corrected chi connectivity index (χ2v) is 3.97. The lowest BCUT2D eigenvalue weighted by molar-refractivity contribution is 0.305. The molecule has 1 heterocycles. The summed E-state index contributed by atoms with van der Waals surface area (Å²) < 4.78 is 5.63. The van der Waals surface area contributed by atoms with E-state index in [1.165, 1.54) is 0 Å². The summed E-state index contributed by atoms with van der Waals surface area (Å²) in [5.41, 5.74) is 2.02. The van der Waals surface area contributed by atoms with Crippen molar-refractivity contribution in [3.05, 3.63) is 59.4 Å².